The van der Waals surface area contributed by atoms with Gasteiger partial charge in [-0.2, -0.15) is 13.2 Å². The van der Waals surface area contributed by atoms with Crippen LogP contribution in [0.3, 0.4) is 0 Å². The summed E-state index contributed by atoms with van der Waals surface area (Å²) in [4.78, 5) is 16.7. The summed E-state index contributed by atoms with van der Waals surface area (Å²) in [5.41, 5.74) is 2.50. The molecule has 4 rings (SSSR count). The summed E-state index contributed by atoms with van der Waals surface area (Å²) in [5.74, 6) is -0.259. The van der Waals surface area contributed by atoms with Crippen molar-refractivity contribution in [3.63, 3.8) is 0 Å². The van der Waals surface area contributed by atoms with Crippen molar-refractivity contribution in [2.24, 2.45) is 0 Å². The predicted octanol–water partition coefficient (Wildman–Crippen LogP) is 6.71. The summed E-state index contributed by atoms with van der Waals surface area (Å²) in [6, 6.07) is 12.5. The third kappa shape index (κ3) is 5.09. The van der Waals surface area contributed by atoms with Crippen molar-refractivity contribution in [1.29, 1.82) is 0 Å². The highest BCUT2D eigenvalue weighted by molar-refractivity contribution is 7.15. The van der Waals surface area contributed by atoms with Crippen LogP contribution in [0.5, 0.6) is 5.75 Å². The molecule has 0 amide bonds. The average Bonchev–Trinajstić information content (AvgIpc) is 3.32. The zero-order valence-corrected chi connectivity index (χ0v) is 19.5. The maximum Gasteiger partial charge on any atom is 0.416 e. The molecular formula is C25H23F3N2O3S. The number of carboxylic acids is 1. The second kappa shape index (κ2) is 9.50. The van der Waals surface area contributed by atoms with Crippen molar-refractivity contribution in [2.45, 2.75) is 46.0 Å². The standard InChI is InChI=1S/C25H23F3N2O3S/c1-3-4-20-22(34-24(29-20)16-5-7-18(8-6-16)25(26,27)28)14-33-19-9-10-21-17(12-19)11-15(2)30(21)13-23(31)32/h5-12H,3-4,13-14H2,1-2H3,(H,31,32). The van der Waals surface area contributed by atoms with Crippen molar-refractivity contribution >= 4 is 28.2 Å². The van der Waals surface area contributed by atoms with Crippen LogP contribution < -0.4 is 4.74 Å². The summed E-state index contributed by atoms with van der Waals surface area (Å²) < 4.78 is 46.4. The Balaban J connectivity index is 1.55. The van der Waals surface area contributed by atoms with E-state index in [1.165, 1.54) is 23.5 Å². The number of hydrogen-bond donors (Lipinski definition) is 1. The summed E-state index contributed by atoms with van der Waals surface area (Å²) in [6.07, 6.45) is -2.75. The van der Waals surface area contributed by atoms with Crippen LogP contribution >= 0.6 is 11.3 Å². The van der Waals surface area contributed by atoms with Crippen molar-refractivity contribution in [2.75, 3.05) is 0 Å². The van der Waals surface area contributed by atoms with Crippen LogP contribution in [0.2, 0.25) is 0 Å². The number of aromatic nitrogens is 2. The molecule has 0 fully saturated rings. The van der Waals surface area contributed by atoms with E-state index in [-0.39, 0.29) is 13.2 Å². The molecular weight excluding hydrogens is 465 g/mol. The summed E-state index contributed by atoms with van der Waals surface area (Å²) in [7, 11) is 0. The monoisotopic (exact) mass is 488 g/mol. The Kier molecular flexibility index (Phi) is 6.65. The zero-order valence-electron chi connectivity index (χ0n) is 18.6. The van der Waals surface area contributed by atoms with Gasteiger partial charge in [-0.25, -0.2) is 4.98 Å². The molecule has 0 saturated heterocycles. The Morgan fingerprint density at radius 2 is 1.88 bits per heavy atom. The molecule has 9 heteroatoms. The predicted molar refractivity (Wildman–Crippen MR) is 125 cm³/mol. The number of ether oxygens (including phenoxy) is 1. The second-order valence-corrected chi connectivity index (χ2v) is 9.07. The lowest BCUT2D eigenvalue weighted by Crippen LogP contribution is -2.09. The molecule has 0 aliphatic heterocycles. The van der Waals surface area contributed by atoms with Crippen LogP contribution in [0.1, 0.15) is 35.2 Å². The molecule has 0 atom stereocenters. The Bertz CT molecular complexity index is 1320. The average molecular weight is 489 g/mol. The van der Waals surface area contributed by atoms with E-state index in [0.29, 0.717) is 16.3 Å². The van der Waals surface area contributed by atoms with Gasteiger partial charge in [0.15, 0.2) is 0 Å². The van der Waals surface area contributed by atoms with Gasteiger partial charge in [0.2, 0.25) is 0 Å². The molecule has 0 aliphatic rings. The number of aryl methyl sites for hydroxylation is 2. The number of nitrogens with zero attached hydrogens (tertiary/aromatic N) is 2. The van der Waals surface area contributed by atoms with Gasteiger partial charge < -0.3 is 14.4 Å². The van der Waals surface area contributed by atoms with E-state index in [1.54, 1.807) is 10.6 Å². The first-order valence-corrected chi connectivity index (χ1v) is 11.6. The summed E-state index contributed by atoms with van der Waals surface area (Å²) >= 11 is 1.42. The first-order chi connectivity index (χ1) is 16.2. The molecule has 2 aromatic carbocycles. The number of benzene rings is 2. The molecule has 0 unspecified atom stereocenters. The van der Waals surface area contributed by atoms with E-state index in [1.807, 2.05) is 32.0 Å². The smallest absolute Gasteiger partial charge is 0.416 e. The van der Waals surface area contributed by atoms with Gasteiger partial charge in [-0.3, -0.25) is 4.79 Å². The van der Waals surface area contributed by atoms with Gasteiger partial charge in [-0.05, 0) is 49.7 Å². The minimum Gasteiger partial charge on any atom is -0.488 e. The van der Waals surface area contributed by atoms with Crippen LogP contribution in [0.15, 0.2) is 48.5 Å². The summed E-state index contributed by atoms with van der Waals surface area (Å²) in [6.45, 7) is 4.08. The van der Waals surface area contributed by atoms with Crippen LogP contribution in [0.4, 0.5) is 13.2 Å². The number of fused-ring (bicyclic) bond motifs is 1. The van der Waals surface area contributed by atoms with Crippen LogP contribution in [-0.4, -0.2) is 20.6 Å². The lowest BCUT2D eigenvalue weighted by atomic mass is 10.1. The minimum absolute atomic E-state index is 0.108. The number of thiazole rings is 1. The molecule has 34 heavy (non-hydrogen) atoms. The van der Waals surface area contributed by atoms with Crippen LogP contribution in [-0.2, 0) is 30.5 Å². The number of alkyl halides is 3. The SMILES string of the molecule is CCCc1nc(-c2ccc(C(F)(F)F)cc2)sc1COc1ccc2c(c1)cc(C)n2CC(=O)O. The fourth-order valence-electron chi connectivity index (χ4n) is 3.82. The number of aliphatic carboxylic acids is 1. The molecule has 1 N–H and O–H groups in total. The van der Waals surface area contributed by atoms with E-state index in [0.717, 1.165) is 52.1 Å². The quantitative estimate of drug-likeness (QED) is 0.299. The molecule has 0 radical (unpaired) electrons. The summed E-state index contributed by atoms with van der Waals surface area (Å²) in [5, 5.41) is 10.7. The lowest BCUT2D eigenvalue weighted by Gasteiger charge is -2.08. The van der Waals surface area contributed by atoms with E-state index in [4.69, 9.17) is 9.84 Å². The molecule has 5 nitrogen and oxygen atoms in total. The maximum atomic E-state index is 12.9. The number of carbonyl (C=O) groups is 1. The van der Waals surface area contributed by atoms with Crippen LogP contribution in [0, 0.1) is 6.92 Å². The van der Waals surface area contributed by atoms with E-state index in [9.17, 15) is 18.0 Å². The third-order valence-corrected chi connectivity index (χ3v) is 6.59. The van der Waals surface area contributed by atoms with Gasteiger partial charge in [0.1, 0.15) is 23.9 Å². The zero-order chi connectivity index (χ0) is 24.5. The fourth-order valence-corrected chi connectivity index (χ4v) is 4.85. The Labute approximate surface area is 198 Å². The van der Waals surface area contributed by atoms with Crippen molar-refractivity contribution in [3.05, 3.63) is 70.4 Å². The highest BCUT2D eigenvalue weighted by atomic mass is 32.1. The van der Waals surface area contributed by atoms with Crippen molar-refractivity contribution in [1.82, 2.24) is 9.55 Å². The Morgan fingerprint density at radius 3 is 2.53 bits per heavy atom. The number of hydrogen-bond acceptors (Lipinski definition) is 4. The van der Waals surface area contributed by atoms with E-state index in [2.05, 4.69) is 4.98 Å². The largest absolute Gasteiger partial charge is 0.488 e. The van der Waals surface area contributed by atoms with E-state index < -0.39 is 17.7 Å². The van der Waals surface area contributed by atoms with Crippen molar-refractivity contribution < 1.29 is 27.8 Å². The van der Waals surface area contributed by atoms with Gasteiger partial charge in [0, 0.05) is 22.2 Å². The maximum absolute atomic E-state index is 12.9. The molecule has 0 aliphatic carbocycles. The third-order valence-electron chi connectivity index (χ3n) is 5.47. The minimum atomic E-state index is -4.37. The first-order valence-electron chi connectivity index (χ1n) is 10.8. The highest BCUT2D eigenvalue weighted by Gasteiger charge is 2.30. The number of halogens is 3. The molecule has 178 valence electrons. The second-order valence-electron chi connectivity index (χ2n) is 7.99. The van der Waals surface area contributed by atoms with Gasteiger partial charge >= 0.3 is 12.1 Å². The molecule has 0 saturated carbocycles. The van der Waals surface area contributed by atoms with E-state index >= 15 is 0 Å². The Hall–Kier alpha value is -3.33. The van der Waals surface area contributed by atoms with Crippen LogP contribution in [0.25, 0.3) is 21.5 Å². The Morgan fingerprint density at radius 1 is 1.15 bits per heavy atom. The van der Waals surface area contributed by atoms with Gasteiger partial charge in [0.05, 0.1) is 16.1 Å². The molecule has 0 spiro atoms. The molecule has 2 heterocycles. The molecule has 4 aromatic rings. The molecule has 0 bridgehead atoms. The topological polar surface area (TPSA) is 64.4 Å². The van der Waals surface area contributed by atoms with Gasteiger partial charge in [-0.1, -0.05) is 25.5 Å². The van der Waals surface area contributed by atoms with Crippen molar-refractivity contribution in [3.8, 4) is 16.3 Å². The van der Waals surface area contributed by atoms with Gasteiger partial charge in [0.25, 0.3) is 0 Å². The lowest BCUT2D eigenvalue weighted by molar-refractivity contribution is -0.138. The number of carboxylic acid groups (broad SMARTS) is 1. The fraction of sp³-hybridized carbons (Fsp3) is 0.280. The highest BCUT2D eigenvalue weighted by Crippen LogP contribution is 2.34. The first kappa shape index (κ1) is 23.8. The number of rotatable bonds is 8. The van der Waals surface area contributed by atoms with Gasteiger partial charge in [-0.15, -0.1) is 11.3 Å². The molecule has 2 aromatic heterocycles. The normalized spacial score (nSPS) is 11.8.